The van der Waals surface area contributed by atoms with Crippen LogP contribution in [0.5, 0.6) is 0 Å². The third kappa shape index (κ3) is 4.16. The number of aromatic nitrogens is 1. The molecule has 1 heterocycles. The summed E-state index contributed by atoms with van der Waals surface area (Å²) in [5.41, 5.74) is -2.20. The van der Waals surface area contributed by atoms with Crippen LogP contribution in [0.3, 0.4) is 0 Å². The molecule has 0 aliphatic rings. The molecule has 0 saturated carbocycles. The minimum atomic E-state index is -1.53. The third-order valence-corrected chi connectivity index (χ3v) is 2.66. The monoisotopic (exact) mass is 302 g/mol. The summed E-state index contributed by atoms with van der Waals surface area (Å²) in [6.45, 7) is 6.43. The Morgan fingerprint density at radius 3 is 2.55 bits per heavy atom. The summed E-state index contributed by atoms with van der Waals surface area (Å²) in [4.78, 5) is 26.7. The fourth-order valence-electron chi connectivity index (χ4n) is 1.46. The van der Waals surface area contributed by atoms with E-state index >= 15 is 0 Å². The Bertz CT molecular complexity index is 531. The van der Waals surface area contributed by atoms with Crippen molar-refractivity contribution in [1.82, 2.24) is 10.3 Å². The zero-order chi connectivity index (χ0) is 15.6. The summed E-state index contributed by atoms with van der Waals surface area (Å²) < 4.78 is 18.3. The Hall–Kier alpha value is -1.69. The number of aldehydes is 1. The van der Waals surface area contributed by atoms with Crippen molar-refractivity contribution in [2.75, 3.05) is 0 Å². The summed E-state index contributed by atoms with van der Waals surface area (Å²) in [5.74, 6) is -0.663. The number of ether oxygens (including phenoxy) is 1. The molecular weight excluding hydrogens is 287 g/mol. The van der Waals surface area contributed by atoms with Gasteiger partial charge in [-0.3, -0.25) is 0 Å². The molecule has 1 aromatic heterocycles. The van der Waals surface area contributed by atoms with Gasteiger partial charge in [-0.2, -0.15) is 0 Å². The van der Waals surface area contributed by atoms with Gasteiger partial charge in [0.05, 0.1) is 6.20 Å². The van der Waals surface area contributed by atoms with Gasteiger partial charge in [-0.1, -0.05) is 11.6 Å². The van der Waals surface area contributed by atoms with E-state index in [0.29, 0.717) is 6.29 Å². The normalized spacial score (nSPS) is 14.3. The van der Waals surface area contributed by atoms with Gasteiger partial charge in [0, 0.05) is 5.56 Å². The molecule has 0 spiro atoms. The highest BCUT2D eigenvalue weighted by Gasteiger charge is 2.33. The summed E-state index contributed by atoms with van der Waals surface area (Å²) in [7, 11) is 0. The quantitative estimate of drug-likeness (QED) is 0.688. The third-order valence-electron chi connectivity index (χ3n) is 2.36. The SMILES string of the molecule is CC(C)(C)OC(=O)NC(C)(C=O)c1cc(F)cnc1Cl. The van der Waals surface area contributed by atoms with Crippen LogP contribution in [0.15, 0.2) is 12.3 Å². The van der Waals surface area contributed by atoms with Crippen molar-refractivity contribution in [2.24, 2.45) is 0 Å². The van der Waals surface area contributed by atoms with Crippen LogP contribution in [0.4, 0.5) is 9.18 Å². The van der Waals surface area contributed by atoms with Gasteiger partial charge in [0.15, 0.2) is 0 Å². The van der Waals surface area contributed by atoms with Gasteiger partial charge in [-0.15, -0.1) is 0 Å². The number of amides is 1. The largest absolute Gasteiger partial charge is 0.444 e. The van der Waals surface area contributed by atoms with E-state index in [0.717, 1.165) is 12.3 Å². The van der Waals surface area contributed by atoms with Gasteiger partial charge < -0.3 is 14.8 Å². The topological polar surface area (TPSA) is 68.3 Å². The highest BCUT2D eigenvalue weighted by Crippen LogP contribution is 2.26. The van der Waals surface area contributed by atoms with Gasteiger partial charge in [0.1, 0.15) is 28.4 Å². The second-order valence-corrected chi connectivity index (χ2v) is 5.80. The standard InChI is InChI=1S/C13H16ClFN2O3/c1-12(2,3)20-11(19)17-13(4,7-18)9-5-8(15)6-16-10(9)14/h5-7H,1-4H3,(H,17,19). The predicted molar refractivity (Wildman–Crippen MR) is 72.0 cm³/mol. The molecule has 110 valence electrons. The summed E-state index contributed by atoms with van der Waals surface area (Å²) in [6, 6.07) is 1.04. The van der Waals surface area contributed by atoms with Crippen molar-refractivity contribution in [3.05, 3.63) is 28.8 Å². The second-order valence-electron chi connectivity index (χ2n) is 5.44. The van der Waals surface area contributed by atoms with E-state index in [4.69, 9.17) is 16.3 Å². The number of rotatable bonds is 3. The Balaban J connectivity index is 3.06. The minimum absolute atomic E-state index is 0.0556. The molecule has 0 saturated heterocycles. The fourth-order valence-corrected chi connectivity index (χ4v) is 1.76. The van der Waals surface area contributed by atoms with E-state index in [1.807, 2.05) is 0 Å². The summed E-state index contributed by atoms with van der Waals surface area (Å²) in [5, 5.41) is 2.29. The molecule has 0 aliphatic heterocycles. The molecule has 1 unspecified atom stereocenters. The molecule has 1 aromatic rings. The Morgan fingerprint density at radius 1 is 1.45 bits per heavy atom. The van der Waals surface area contributed by atoms with E-state index < -0.39 is 23.1 Å². The van der Waals surface area contributed by atoms with Crippen LogP contribution in [-0.2, 0) is 15.1 Å². The van der Waals surface area contributed by atoms with E-state index in [1.54, 1.807) is 20.8 Å². The molecule has 1 atom stereocenters. The zero-order valence-electron chi connectivity index (χ0n) is 11.7. The first kappa shape index (κ1) is 16.4. The van der Waals surface area contributed by atoms with Gasteiger partial charge in [-0.05, 0) is 33.8 Å². The number of carbonyl (C=O) groups excluding carboxylic acids is 2. The van der Waals surface area contributed by atoms with E-state index in [1.165, 1.54) is 6.92 Å². The first-order valence-corrected chi connectivity index (χ1v) is 6.24. The lowest BCUT2D eigenvalue weighted by Crippen LogP contribution is -2.47. The van der Waals surface area contributed by atoms with E-state index in [9.17, 15) is 14.0 Å². The van der Waals surface area contributed by atoms with E-state index in [-0.39, 0.29) is 10.7 Å². The molecule has 0 bridgehead atoms. The number of pyridine rings is 1. The maximum Gasteiger partial charge on any atom is 0.408 e. The molecule has 1 rings (SSSR count). The van der Waals surface area contributed by atoms with Crippen molar-refractivity contribution < 1.29 is 18.7 Å². The van der Waals surface area contributed by atoms with E-state index in [2.05, 4.69) is 10.3 Å². The first-order valence-electron chi connectivity index (χ1n) is 5.86. The fraction of sp³-hybridized carbons (Fsp3) is 0.462. The Morgan fingerprint density at radius 2 is 2.05 bits per heavy atom. The van der Waals surface area contributed by atoms with Gasteiger partial charge in [0.2, 0.25) is 0 Å². The average molecular weight is 303 g/mol. The smallest absolute Gasteiger partial charge is 0.408 e. The van der Waals surface area contributed by atoms with Gasteiger partial charge >= 0.3 is 6.09 Å². The lowest BCUT2D eigenvalue weighted by atomic mass is 9.95. The van der Waals surface area contributed by atoms with Crippen molar-refractivity contribution in [1.29, 1.82) is 0 Å². The highest BCUT2D eigenvalue weighted by molar-refractivity contribution is 6.30. The van der Waals surface area contributed by atoms with Crippen LogP contribution in [-0.4, -0.2) is 23.0 Å². The van der Waals surface area contributed by atoms with Gasteiger partial charge in [-0.25, -0.2) is 14.2 Å². The molecule has 0 aromatic carbocycles. The van der Waals surface area contributed by atoms with Crippen LogP contribution in [0, 0.1) is 5.82 Å². The molecule has 1 amide bonds. The predicted octanol–water partition coefficient (Wildman–Crippen LogP) is 2.81. The molecule has 0 fully saturated rings. The molecule has 0 radical (unpaired) electrons. The van der Waals surface area contributed by atoms with Crippen molar-refractivity contribution in [3.8, 4) is 0 Å². The van der Waals surface area contributed by atoms with Gasteiger partial charge in [0.25, 0.3) is 0 Å². The molecule has 1 N–H and O–H groups in total. The van der Waals surface area contributed by atoms with Crippen molar-refractivity contribution >= 4 is 24.0 Å². The lowest BCUT2D eigenvalue weighted by Gasteiger charge is -2.28. The van der Waals surface area contributed by atoms with Crippen molar-refractivity contribution in [3.63, 3.8) is 0 Å². The zero-order valence-corrected chi connectivity index (χ0v) is 12.4. The number of nitrogens with zero attached hydrogens (tertiary/aromatic N) is 1. The number of hydrogen-bond acceptors (Lipinski definition) is 4. The Kier molecular flexibility index (Phi) is 4.70. The van der Waals surface area contributed by atoms with Crippen LogP contribution in [0.25, 0.3) is 0 Å². The van der Waals surface area contributed by atoms with Crippen molar-refractivity contribution in [2.45, 2.75) is 38.8 Å². The number of carbonyl (C=O) groups is 2. The number of halogens is 2. The first-order chi connectivity index (χ1) is 9.07. The van der Waals surface area contributed by atoms with Crippen LogP contribution in [0.2, 0.25) is 5.15 Å². The average Bonchev–Trinajstić information content (AvgIpc) is 2.29. The van der Waals surface area contributed by atoms with Crippen LogP contribution in [0.1, 0.15) is 33.3 Å². The number of alkyl carbamates (subject to hydrolysis) is 1. The maximum absolute atomic E-state index is 13.2. The molecule has 20 heavy (non-hydrogen) atoms. The highest BCUT2D eigenvalue weighted by atomic mass is 35.5. The molecule has 5 nitrogen and oxygen atoms in total. The molecular formula is C13H16ClFN2O3. The second kappa shape index (κ2) is 5.75. The van der Waals surface area contributed by atoms with Crippen LogP contribution < -0.4 is 5.32 Å². The Labute approximate surface area is 121 Å². The molecule has 0 aliphatic carbocycles. The number of hydrogen-bond donors (Lipinski definition) is 1. The maximum atomic E-state index is 13.2. The number of nitrogens with one attached hydrogen (secondary N) is 1. The summed E-state index contributed by atoms with van der Waals surface area (Å²) >= 11 is 5.85. The lowest BCUT2D eigenvalue weighted by molar-refractivity contribution is -0.113. The summed E-state index contributed by atoms with van der Waals surface area (Å²) in [6.07, 6.45) is 0.552. The molecule has 7 heteroatoms. The van der Waals surface area contributed by atoms with Crippen LogP contribution >= 0.6 is 11.6 Å². The minimum Gasteiger partial charge on any atom is -0.444 e.